The van der Waals surface area contributed by atoms with Gasteiger partial charge in [-0.25, -0.2) is 0 Å². The van der Waals surface area contributed by atoms with Gasteiger partial charge in [0.1, 0.15) is 23.4 Å². The lowest BCUT2D eigenvalue weighted by Crippen LogP contribution is -2.46. The van der Waals surface area contributed by atoms with Crippen LogP contribution in [0.4, 0.5) is 11.4 Å². The van der Waals surface area contributed by atoms with Crippen molar-refractivity contribution in [3.05, 3.63) is 96.6 Å². The molecular formula is C31H34N2O4. The maximum Gasteiger partial charge on any atom is 0.235 e. The van der Waals surface area contributed by atoms with Crippen LogP contribution in [0.1, 0.15) is 39.2 Å². The zero-order chi connectivity index (χ0) is 26.9. The SMILES string of the molecule is CC(C)C(=O)[C@@H](C(=O)Nc1ccccc1)C(c1ccccc1)[C@@H](C(=O)Nc1ccccc1)C(=O)C(C)C. The van der Waals surface area contributed by atoms with E-state index in [0.717, 1.165) is 0 Å². The van der Waals surface area contributed by atoms with Crippen LogP contribution in [-0.4, -0.2) is 23.4 Å². The van der Waals surface area contributed by atoms with E-state index in [9.17, 15) is 19.2 Å². The Morgan fingerprint density at radius 3 is 1.16 bits per heavy atom. The molecule has 2 amide bonds. The van der Waals surface area contributed by atoms with Gasteiger partial charge in [0.05, 0.1) is 0 Å². The maximum atomic E-state index is 13.8. The lowest BCUT2D eigenvalue weighted by atomic mass is 9.69. The Labute approximate surface area is 218 Å². The Hall–Kier alpha value is -4.06. The van der Waals surface area contributed by atoms with Crippen molar-refractivity contribution in [3.63, 3.8) is 0 Å². The smallest absolute Gasteiger partial charge is 0.235 e. The number of rotatable bonds is 11. The van der Waals surface area contributed by atoms with E-state index in [4.69, 9.17) is 0 Å². The third-order valence-corrected chi connectivity index (χ3v) is 6.30. The van der Waals surface area contributed by atoms with Crippen molar-refractivity contribution in [3.8, 4) is 0 Å². The van der Waals surface area contributed by atoms with Crippen LogP contribution in [-0.2, 0) is 19.2 Å². The summed E-state index contributed by atoms with van der Waals surface area (Å²) in [5.41, 5.74) is 1.63. The number of carbonyl (C=O) groups is 4. The molecule has 1 unspecified atom stereocenters. The van der Waals surface area contributed by atoms with Crippen LogP contribution in [0.5, 0.6) is 0 Å². The van der Waals surface area contributed by atoms with E-state index in [1.165, 1.54) is 0 Å². The normalized spacial score (nSPS) is 13.5. The molecule has 0 saturated carbocycles. The van der Waals surface area contributed by atoms with Gasteiger partial charge in [0.2, 0.25) is 11.8 Å². The summed E-state index contributed by atoms with van der Waals surface area (Å²) < 4.78 is 0. The van der Waals surface area contributed by atoms with Gasteiger partial charge in [0, 0.05) is 29.1 Å². The van der Waals surface area contributed by atoms with Crippen LogP contribution in [0.25, 0.3) is 0 Å². The minimum absolute atomic E-state index is 0.337. The fourth-order valence-electron chi connectivity index (χ4n) is 4.39. The van der Waals surface area contributed by atoms with Gasteiger partial charge in [0.25, 0.3) is 0 Å². The summed E-state index contributed by atoms with van der Waals surface area (Å²) in [5, 5.41) is 5.67. The van der Waals surface area contributed by atoms with E-state index in [1.54, 1.807) is 100 Å². The molecule has 3 aromatic carbocycles. The summed E-state index contributed by atoms with van der Waals surface area (Å²) in [6.07, 6.45) is 0. The molecule has 0 aromatic heterocycles. The predicted octanol–water partition coefficient (Wildman–Crippen LogP) is 5.73. The number of hydrogen-bond donors (Lipinski definition) is 2. The van der Waals surface area contributed by atoms with Gasteiger partial charge in [0.15, 0.2) is 0 Å². The van der Waals surface area contributed by atoms with Gasteiger partial charge in [-0.2, -0.15) is 0 Å². The predicted molar refractivity (Wildman–Crippen MR) is 146 cm³/mol. The summed E-state index contributed by atoms with van der Waals surface area (Å²) in [6.45, 7) is 6.87. The molecule has 0 fully saturated rings. The number of hydrogen-bond acceptors (Lipinski definition) is 4. The average molecular weight is 499 g/mol. The Kier molecular flexibility index (Phi) is 9.50. The van der Waals surface area contributed by atoms with Crippen molar-refractivity contribution < 1.29 is 19.2 Å². The van der Waals surface area contributed by atoms with Crippen molar-refractivity contribution in [2.24, 2.45) is 23.7 Å². The summed E-state index contributed by atoms with van der Waals surface area (Å²) in [5.74, 6) is -6.30. The van der Waals surface area contributed by atoms with E-state index in [2.05, 4.69) is 10.6 Å². The fraction of sp³-hybridized carbons (Fsp3) is 0.290. The first kappa shape index (κ1) is 27.5. The zero-order valence-corrected chi connectivity index (χ0v) is 21.7. The van der Waals surface area contributed by atoms with Crippen LogP contribution < -0.4 is 10.6 Å². The number of nitrogens with one attached hydrogen (secondary N) is 2. The lowest BCUT2D eigenvalue weighted by Gasteiger charge is -2.33. The van der Waals surface area contributed by atoms with Crippen LogP contribution in [0.3, 0.4) is 0 Å². The highest BCUT2D eigenvalue weighted by Gasteiger charge is 2.47. The number of anilines is 2. The quantitative estimate of drug-likeness (QED) is 0.330. The molecule has 0 heterocycles. The molecule has 3 atom stereocenters. The number of carbonyl (C=O) groups excluding carboxylic acids is 4. The molecule has 0 aliphatic rings. The molecule has 0 saturated heterocycles. The zero-order valence-electron chi connectivity index (χ0n) is 21.7. The van der Waals surface area contributed by atoms with Crippen LogP contribution >= 0.6 is 0 Å². The standard InChI is InChI=1S/C31H34N2O4/c1-20(2)28(34)26(30(36)32-23-16-10-6-11-17-23)25(22-14-8-5-9-15-22)27(29(35)21(3)4)31(37)33-24-18-12-7-13-19-24/h5-21,25-27H,1-4H3,(H,32,36)(H,33,37)/t25?,26-,27+. The Morgan fingerprint density at radius 1 is 0.514 bits per heavy atom. The van der Waals surface area contributed by atoms with E-state index >= 15 is 0 Å². The topological polar surface area (TPSA) is 92.3 Å². The highest BCUT2D eigenvalue weighted by molar-refractivity contribution is 6.13. The van der Waals surface area contributed by atoms with Gasteiger partial charge >= 0.3 is 0 Å². The van der Waals surface area contributed by atoms with Gasteiger partial charge in [-0.3, -0.25) is 19.2 Å². The second-order valence-electron chi connectivity index (χ2n) is 9.72. The molecule has 0 spiro atoms. The molecule has 6 nitrogen and oxygen atoms in total. The Balaban J connectivity index is 2.16. The van der Waals surface area contributed by atoms with E-state index in [1.807, 2.05) is 18.2 Å². The highest BCUT2D eigenvalue weighted by atomic mass is 16.2. The molecule has 0 aliphatic carbocycles. The second-order valence-corrected chi connectivity index (χ2v) is 9.72. The van der Waals surface area contributed by atoms with Crippen molar-refractivity contribution in [1.82, 2.24) is 0 Å². The van der Waals surface area contributed by atoms with Crippen molar-refractivity contribution in [2.75, 3.05) is 10.6 Å². The maximum absolute atomic E-state index is 13.8. The third kappa shape index (κ3) is 7.00. The van der Waals surface area contributed by atoms with Crippen molar-refractivity contribution >= 4 is 34.8 Å². The summed E-state index contributed by atoms with van der Waals surface area (Å²) in [4.78, 5) is 54.9. The second kappa shape index (κ2) is 12.8. The molecule has 6 heteroatoms. The van der Waals surface area contributed by atoms with E-state index < -0.39 is 41.4 Å². The highest BCUT2D eigenvalue weighted by Crippen LogP contribution is 2.38. The number of para-hydroxylation sites is 2. The Bertz CT molecular complexity index is 1130. The van der Waals surface area contributed by atoms with E-state index in [-0.39, 0.29) is 11.6 Å². The summed E-state index contributed by atoms with van der Waals surface area (Å²) in [6, 6.07) is 26.6. The molecule has 3 rings (SSSR count). The summed E-state index contributed by atoms with van der Waals surface area (Å²) >= 11 is 0. The Morgan fingerprint density at radius 2 is 0.838 bits per heavy atom. The van der Waals surface area contributed by atoms with E-state index in [0.29, 0.717) is 16.9 Å². The fourth-order valence-corrected chi connectivity index (χ4v) is 4.39. The molecule has 2 N–H and O–H groups in total. The van der Waals surface area contributed by atoms with Gasteiger partial charge < -0.3 is 10.6 Å². The first-order chi connectivity index (χ1) is 17.7. The molecule has 192 valence electrons. The van der Waals surface area contributed by atoms with Crippen LogP contribution in [0.15, 0.2) is 91.0 Å². The molecule has 3 aromatic rings. The minimum Gasteiger partial charge on any atom is -0.325 e. The monoisotopic (exact) mass is 498 g/mol. The number of ketones is 2. The summed E-state index contributed by atoms with van der Waals surface area (Å²) in [7, 11) is 0. The number of Topliss-reactive ketones (excluding diaryl/α,β-unsaturated/α-hetero) is 2. The van der Waals surface area contributed by atoms with Crippen LogP contribution in [0, 0.1) is 23.7 Å². The van der Waals surface area contributed by atoms with Gasteiger partial charge in [-0.15, -0.1) is 0 Å². The van der Waals surface area contributed by atoms with Crippen molar-refractivity contribution in [1.29, 1.82) is 0 Å². The first-order valence-corrected chi connectivity index (χ1v) is 12.5. The number of amides is 2. The molecule has 37 heavy (non-hydrogen) atoms. The van der Waals surface area contributed by atoms with Gasteiger partial charge in [-0.05, 0) is 29.8 Å². The van der Waals surface area contributed by atoms with Gasteiger partial charge in [-0.1, -0.05) is 94.4 Å². The van der Waals surface area contributed by atoms with Crippen molar-refractivity contribution in [2.45, 2.75) is 33.6 Å². The third-order valence-electron chi connectivity index (χ3n) is 6.30. The molecule has 0 aliphatic heterocycles. The number of benzene rings is 3. The molecule has 0 bridgehead atoms. The largest absolute Gasteiger partial charge is 0.325 e. The van der Waals surface area contributed by atoms with Crippen LogP contribution in [0.2, 0.25) is 0 Å². The minimum atomic E-state index is -1.27. The lowest BCUT2D eigenvalue weighted by molar-refractivity contribution is -0.138. The average Bonchev–Trinajstić information content (AvgIpc) is 2.89. The molecule has 0 radical (unpaired) electrons. The molecular weight excluding hydrogens is 464 g/mol. The first-order valence-electron chi connectivity index (χ1n) is 12.5.